The summed E-state index contributed by atoms with van der Waals surface area (Å²) in [5, 5.41) is 27.6. The van der Waals surface area contributed by atoms with Gasteiger partial charge in [0.15, 0.2) is 0 Å². The molecule has 9 heteroatoms. The van der Waals surface area contributed by atoms with Crippen LogP contribution in [0.4, 0.5) is 11.4 Å². The van der Waals surface area contributed by atoms with Crippen molar-refractivity contribution in [3.05, 3.63) is 83.9 Å². The third-order valence-corrected chi connectivity index (χ3v) is 4.04. The van der Waals surface area contributed by atoms with Crippen LogP contribution in [0.1, 0.15) is 15.9 Å². The van der Waals surface area contributed by atoms with Crippen molar-refractivity contribution in [3.63, 3.8) is 0 Å². The van der Waals surface area contributed by atoms with E-state index in [1.807, 2.05) is 11.5 Å². The van der Waals surface area contributed by atoms with Crippen LogP contribution in [0.3, 0.4) is 0 Å². The van der Waals surface area contributed by atoms with Crippen molar-refractivity contribution < 1.29 is 24.6 Å². The first-order valence-corrected chi connectivity index (χ1v) is 9.06. The van der Waals surface area contributed by atoms with Gasteiger partial charge in [0.25, 0.3) is 5.91 Å². The number of nitrogens with zero attached hydrogens (tertiary/aromatic N) is 1. The summed E-state index contributed by atoms with van der Waals surface area (Å²) in [6.07, 6.45) is 1.11. The van der Waals surface area contributed by atoms with E-state index in [0.717, 1.165) is 12.3 Å². The van der Waals surface area contributed by atoms with Gasteiger partial charge >= 0.3 is 11.8 Å². The Morgan fingerprint density at radius 2 is 1.52 bits per heavy atom. The molecule has 0 radical (unpaired) electrons. The smallest absolute Gasteiger partial charge is 0.329 e. The van der Waals surface area contributed by atoms with E-state index in [0.29, 0.717) is 5.69 Å². The lowest BCUT2D eigenvalue weighted by atomic mass is 10.1. The zero-order chi connectivity index (χ0) is 22.2. The van der Waals surface area contributed by atoms with Crippen LogP contribution in [0, 0.1) is 0 Å². The maximum atomic E-state index is 12.5. The largest absolute Gasteiger partial charge is 0.508 e. The number of rotatable bonds is 5. The first-order valence-electron chi connectivity index (χ1n) is 9.06. The number of hydrazone groups is 1. The minimum absolute atomic E-state index is 0.131. The van der Waals surface area contributed by atoms with Crippen LogP contribution in [0.15, 0.2) is 77.9 Å². The lowest BCUT2D eigenvalue weighted by Gasteiger charge is -2.11. The molecule has 0 aromatic heterocycles. The number of benzene rings is 3. The van der Waals surface area contributed by atoms with Crippen molar-refractivity contribution >= 4 is 35.3 Å². The molecule has 0 unspecified atom stereocenters. The van der Waals surface area contributed by atoms with Gasteiger partial charge in [0.1, 0.15) is 11.5 Å². The molecule has 0 spiro atoms. The Balaban J connectivity index is 1.64. The van der Waals surface area contributed by atoms with Gasteiger partial charge in [0, 0.05) is 17.3 Å². The fourth-order valence-corrected chi connectivity index (χ4v) is 2.54. The molecule has 0 atom stereocenters. The van der Waals surface area contributed by atoms with Gasteiger partial charge in [-0.25, -0.2) is 5.43 Å². The van der Waals surface area contributed by atoms with E-state index in [1.54, 1.807) is 36.4 Å². The van der Waals surface area contributed by atoms with Crippen molar-refractivity contribution in [1.29, 1.82) is 0 Å². The number of phenolic OH excluding ortho intramolecular Hbond substituents is 2. The average Bonchev–Trinajstić information content (AvgIpc) is 2.76. The number of amides is 3. The third kappa shape index (κ3) is 5.67. The number of hydrogen-bond donors (Lipinski definition) is 5. The van der Waals surface area contributed by atoms with E-state index in [-0.39, 0.29) is 28.3 Å². The monoisotopic (exact) mass is 418 g/mol. The highest BCUT2D eigenvalue weighted by atomic mass is 16.3. The van der Waals surface area contributed by atoms with Gasteiger partial charge in [-0.3, -0.25) is 14.4 Å². The van der Waals surface area contributed by atoms with Gasteiger partial charge in [-0.2, -0.15) is 5.10 Å². The number of para-hydroxylation sites is 2. The predicted octanol–water partition coefficient (Wildman–Crippen LogP) is 2.44. The zero-order valence-corrected chi connectivity index (χ0v) is 16.1. The number of phenols is 2. The molecule has 0 aliphatic carbocycles. The molecule has 0 bridgehead atoms. The first kappa shape index (κ1) is 21.1. The second-order valence-electron chi connectivity index (χ2n) is 6.26. The summed E-state index contributed by atoms with van der Waals surface area (Å²) in [6, 6.07) is 18.8. The average molecular weight is 418 g/mol. The van der Waals surface area contributed by atoms with Gasteiger partial charge in [-0.15, -0.1) is 0 Å². The quantitative estimate of drug-likeness (QED) is 0.246. The van der Waals surface area contributed by atoms with Crippen LogP contribution >= 0.6 is 0 Å². The summed E-state index contributed by atoms with van der Waals surface area (Å²) in [7, 11) is 0. The first-order chi connectivity index (χ1) is 14.9. The van der Waals surface area contributed by atoms with E-state index < -0.39 is 17.7 Å². The number of carbonyl (C=O) groups is 3. The molecule has 3 aromatic rings. The molecule has 31 heavy (non-hydrogen) atoms. The maximum Gasteiger partial charge on any atom is 0.329 e. The van der Waals surface area contributed by atoms with Gasteiger partial charge in [-0.05, 0) is 36.4 Å². The van der Waals surface area contributed by atoms with E-state index in [2.05, 4.69) is 15.7 Å². The van der Waals surface area contributed by atoms with Crippen LogP contribution in [0.25, 0.3) is 0 Å². The number of carbonyl (C=O) groups excluding carboxylic acids is 3. The highest BCUT2D eigenvalue weighted by Gasteiger charge is 2.17. The van der Waals surface area contributed by atoms with Crippen LogP contribution in [0.5, 0.6) is 11.5 Å². The van der Waals surface area contributed by atoms with Gasteiger partial charge in [0.05, 0.1) is 17.5 Å². The Bertz CT molecular complexity index is 1150. The highest BCUT2D eigenvalue weighted by molar-refractivity contribution is 6.40. The fraction of sp³-hybridized carbons (Fsp3) is 0. The molecule has 9 nitrogen and oxygen atoms in total. The normalized spacial score (nSPS) is 10.5. The molecular weight excluding hydrogens is 400 g/mol. The summed E-state index contributed by atoms with van der Waals surface area (Å²) in [5.74, 6) is -2.95. The van der Waals surface area contributed by atoms with Gasteiger partial charge < -0.3 is 20.8 Å². The minimum atomic E-state index is -1.08. The summed E-state index contributed by atoms with van der Waals surface area (Å²) < 4.78 is 0. The molecule has 0 saturated heterocycles. The number of anilines is 2. The molecule has 0 aliphatic heterocycles. The Morgan fingerprint density at radius 1 is 0.806 bits per heavy atom. The van der Waals surface area contributed by atoms with Crippen LogP contribution in [-0.4, -0.2) is 34.1 Å². The fourth-order valence-electron chi connectivity index (χ4n) is 2.54. The van der Waals surface area contributed by atoms with Crippen LogP contribution in [0.2, 0.25) is 0 Å². The Kier molecular flexibility index (Phi) is 6.59. The molecule has 0 saturated carbocycles. The molecule has 0 fully saturated rings. The molecule has 3 rings (SSSR count). The Hall–Kier alpha value is -4.66. The summed E-state index contributed by atoms with van der Waals surface area (Å²) >= 11 is 0. The molecule has 0 aliphatic rings. The number of nitrogens with one attached hydrogen (secondary N) is 3. The van der Waals surface area contributed by atoms with Gasteiger partial charge in [-0.1, -0.05) is 30.3 Å². The summed E-state index contributed by atoms with van der Waals surface area (Å²) in [4.78, 5) is 36.7. The SMILES string of the molecule is O=C(NN=Cc1ccc(O)cc1O)C(=O)Nc1ccccc1C(=O)Nc1ccccc1. The van der Waals surface area contributed by atoms with Crippen molar-refractivity contribution in [3.8, 4) is 11.5 Å². The topological polar surface area (TPSA) is 140 Å². The van der Waals surface area contributed by atoms with Crippen LogP contribution in [-0.2, 0) is 9.59 Å². The van der Waals surface area contributed by atoms with Crippen molar-refractivity contribution in [2.75, 3.05) is 10.6 Å². The van der Waals surface area contributed by atoms with Gasteiger partial charge in [0.2, 0.25) is 0 Å². The predicted molar refractivity (Wildman–Crippen MR) is 115 cm³/mol. The molecule has 3 amide bonds. The lowest BCUT2D eigenvalue weighted by molar-refractivity contribution is -0.136. The van der Waals surface area contributed by atoms with Crippen molar-refractivity contribution in [2.24, 2.45) is 5.10 Å². The number of aromatic hydroxyl groups is 2. The van der Waals surface area contributed by atoms with E-state index in [4.69, 9.17) is 0 Å². The molecular formula is C22H18N4O5. The zero-order valence-electron chi connectivity index (χ0n) is 16.1. The Morgan fingerprint density at radius 3 is 2.26 bits per heavy atom. The second-order valence-corrected chi connectivity index (χ2v) is 6.26. The standard InChI is InChI=1S/C22H18N4O5/c27-16-11-10-14(19(28)12-16)13-23-26-22(31)21(30)25-18-9-5-4-8-17(18)20(29)24-15-6-2-1-3-7-15/h1-13,27-28H,(H,24,29)(H,25,30)(H,26,31). The minimum Gasteiger partial charge on any atom is -0.508 e. The van der Waals surface area contributed by atoms with E-state index in [1.165, 1.54) is 24.3 Å². The lowest BCUT2D eigenvalue weighted by Crippen LogP contribution is -2.33. The molecule has 156 valence electrons. The summed E-state index contributed by atoms with van der Waals surface area (Å²) in [5.41, 5.74) is 3.15. The van der Waals surface area contributed by atoms with Crippen molar-refractivity contribution in [1.82, 2.24) is 5.43 Å². The summed E-state index contributed by atoms with van der Waals surface area (Å²) in [6.45, 7) is 0. The van der Waals surface area contributed by atoms with Crippen LogP contribution < -0.4 is 16.1 Å². The number of hydrogen-bond acceptors (Lipinski definition) is 6. The third-order valence-electron chi connectivity index (χ3n) is 4.04. The molecule has 0 heterocycles. The maximum absolute atomic E-state index is 12.5. The van der Waals surface area contributed by atoms with E-state index in [9.17, 15) is 24.6 Å². The Labute approximate surface area is 177 Å². The molecule has 5 N–H and O–H groups in total. The highest BCUT2D eigenvalue weighted by Crippen LogP contribution is 2.21. The second kappa shape index (κ2) is 9.70. The van der Waals surface area contributed by atoms with Crippen molar-refractivity contribution in [2.45, 2.75) is 0 Å². The molecule has 3 aromatic carbocycles. The van der Waals surface area contributed by atoms with E-state index >= 15 is 0 Å².